The Balaban J connectivity index is 1.50. The second kappa shape index (κ2) is 8.53. The number of benzene rings is 2. The van der Waals surface area contributed by atoms with Gasteiger partial charge in [-0.05, 0) is 30.2 Å². The van der Waals surface area contributed by atoms with Crippen molar-refractivity contribution in [3.63, 3.8) is 0 Å². The Kier molecular flexibility index (Phi) is 5.90. The number of carbonyl (C=O) groups is 1. The van der Waals surface area contributed by atoms with Crippen LogP contribution in [-0.2, 0) is 17.6 Å². The van der Waals surface area contributed by atoms with Crippen LogP contribution in [0.15, 0.2) is 53.1 Å². The Morgan fingerprint density at radius 1 is 0.963 bits per heavy atom. The van der Waals surface area contributed by atoms with Crippen LogP contribution in [0.3, 0.4) is 0 Å². The van der Waals surface area contributed by atoms with Crippen LogP contribution in [0.5, 0.6) is 0 Å². The monoisotopic (exact) mass is 374 g/mol. The van der Waals surface area contributed by atoms with Gasteiger partial charge in [0.15, 0.2) is 11.7 Å². The maximum atomic E-state index is 13.7. The molecule has 0 aliphatic carbocycles. The van der Waals surface area contributed by atoms with E-state index >= 15 is 0 Å². The minimum Gasteiger partial charge on any atom is -0.441 e. The number of oxazole rings is 1. The number of carbonyl (C=O) groups excluding carboxylic acids is 1. The molecule has 27 heavy (non-hydrogen) atoms. The van der Waals surface area contributed by atoms with Crippen LogP contribution in [0.2, 0.25) is 0 Å². The first kappa shape index (κ1) is 18.7. The van der Waals surface area contributed by atoms with Gasteiger partial charge in [0.1, 0.15) is 17.5 Å². The smallest absolute Gasteiger partial charge is 0.220 e. The summed E-state index contributed by atoms with van der Waals surface area (Å²) in [6, 6.07) is 9.89. The van der Waals surface area contributed by atoms with Gasteiger partial charge in [-0.1, -0.05) is 24.3 Å². The number of hydrogen-bond donors (Lipinski definition) is 1. The molecule has 0 fully saturated rings. The Morgan fingerprint density at radius 3 is 2.41 bits per heavy atom. The summed E-state index contributed by atoms with van der Waals surface area (Å²) in [4.78, 5) is 15.8. The van der Waals surface area contributed by atoms with Crippen molar-refractivity contribution in [3.8, 4) is 11.3 Å². The Hall–Kier alpha value is -3.09. The van der Waals surface area contributed by atoms with Crippen molar-refractivity contribution in [2.24, 2.45) is 0 Å². The molecule has 0 aliphatic heterocycles. The first-order valence-corrected chi connectivity index (χ1v) is 8.44. The average molecular weight is 374 g/mol. The van der Waals surface area contributed by atoms with Gasteiger partial charge in [-0.2, -0.15) is 0 Å². The second-order valence-corrected chi connectivity index (χ2v) is 5.91. The number of hydrogen-bond acceptors (Lipinski definition) is 3. The van der Waals surface area contributed by atoms with E-state index in [4.69, 9.17) is 4.42 Å². The molecule has 0 unspecified atom stereocenters. The van der Waals surface area contributed by atoms with Crippen molar-refractivity contribution < 1.29 is 22.4 Å². The summed E-state index contributed by atoms with van der Waals surface area (Å²) in [6.45, 7) is 0.303. The average Bonchev–Trinajstić information content (AvgIpc) is 3.10. The molecule has 0 bridgehead atoms. The number of aryl methyl sites for hydroxylation is 1. The molecule has 1 amide bonds. The number of halogens is 3. The highest BCUT2D eigenvalue weighted by atomic mass is 19.1. The lowest BCUT2D eigenvalue weighted by molar-refractivity contribution is -0.121. The third-order valence-electron chi connectivity index (χ3n) is 4.00. The molecule has 140 valence electrons. The topological polar surface area (TPSA) is 55.1 Å². The minimum absolute atomic E-state index is 0.0273. The molecule has 0 radical (unpaired) electrons. The van der Waals surface area contributed by atoms with Crippen molar-refractivity contribution in [3.05, 3.63) is 77.6 Å². The molecule has 4 nitrogen and oxygen atoms in total. The van der Waals surface area contributed by atoms with Crippen molar-refractivity contribution in [1.29, 1.82) is 0 Å². The molecule has 1 heterocycles. The van der Waals surface area contributed by atoms with Gasteiger partial charge in [-0.15, -0.1) is 0 Å². The van der Waals surface area contributed by atoms with Crippen molar-refractivity contribution in [2.45, 2.75) is 19.3 Å². The standard InChI is InChI=1S/C20H17F3N2O2/c21-14-5-2-1-4-13(14)10-11-24-18(26)8-9-19-25-12-17(27-19)20-15(22)6-3-7-16(20)23/h1-7,12H,8-11H2,(H,24,26). The number of aromatic nitrogens is 1. The summed E-state index contributed by atoms with van der Waals surface area (Å²) in [5, 5.41) is 2.69. The normalized spacial score (nSPS) is 10.8. The van der Waals surface area contributed by atoms with Crippen LogP contribution in [0.4, 0.5) is 13.2 Å². The fraction of sp³-hybridized carbons (Fsp3) is 0.200. The van der Waals surface area contributed by atoms with Gasteiger partial charge in [-0.3, -0.25) is 4.79 Å². The molecule has 3 aromatic rings. The molecular weight excluding hydrogens is 357 g/mol. The van der Waals surface area contributed by atoms with Gasteiger partial charge in [0.05, 0.1) is 11.8 Å². The van der Waals surface area contributed by atoms with E-state index in [0.717, 1.165) is 12.1 Å². The van der Waals surface area contributed by atoms with Crippen LogP contribution in [0.1, 0.15) is 17.9 Å². The first-order valence-electron chi connectivity index (χ1n) is 8.44. The number of rotatable bonds is 7. The third kappa shape index (κ3) is 4.75. The molecule has 3 rings (SSSR count). The fourth-order valence-electron chi connectivity index (χ4n) is 2.62. The van der Waals surface area contributed by atoms with Crippen LogP contribution in [0.25, 0.3) is 11.3 Å². The van der Waals surface area contributed by atoms with Crippen LogP contribution < -0.4 is 5.32 Å². The number of nitrogens with zero attached hydrogens (tertiary/aromatic N) is 1. The van der Waals surface area contributed by atoms with Crippen molar-refractivity contribution in [2.75, 3.05) is 6.54 Å². The lowest BCUT2D eigenvalue weighted by Gasteiger charge is -2.05. The van der Waals surface area contributed by atoms with Gasteiger partial charge in [-0.25, -0.2) is 18.2 Å². The van der Waals surface area contributed by atoms with Crippen LogP contribution >= 0.6 is 0 Å². The maximum Gasteiger partial charge on any atom is 0.220 e. The van der Waals surface area contributed by atoms with Gasteiger partial charge in [0.25, 0.3) is 0 Å². The molecule has 1 aromatic heterocycles. The number of nitrogens with one attached hydrogen (secondary N) is 1. The maximum absolute atomic E-state index is 13.7. The lowest BCUT2D eigenvalue weighted by atomic mass is 10.1. The highest BCUT2D eigenvalue weighted by Crippen LogP contribution is 2.26. The van der Waals surface area contributed by atoms with E-state index in [1.165, 1.54) is 18.3 Å². The highest BCUT2D eigenvalue weighted by molar-refractivity contribution is 5.76. The van der Waals surface area contributed by atoms with E-state index < -0.39 is 11.6 Å². The Bertz CT molecular complexity index is 920. The second-order valence-electron chi connectivity index (χ2n) is 5.91. The predicted molar refractivity (Wildman–Crippen MR) is 93.3 cm³/mol. The molecule has 0 aliphatic rings. The van der Waals surface area contributed by atoms with E-state index in [0.29, 0.717) is 18.5 Å². The van der Waals surface area contributed by atoms with Crippen molar-refractivity contribution in [1.82, 2.24) is 10.3 Å². The molecule has 2 aromatic carbocycles. The minimum atomic E-state index is -0.747. The zero-order valence-electron chi connectivity index (χ0n) is 14.3. The van der Waals surface area contributed by atoms with E-state index in [-0.39, 0.29) is 41.8 Å². The zero-order valence-corrected chi connectivity index (χ0v) is 14.3. The molecule has 0 saturated carbocycles. The summed E-state index contributed by atoms with van der Waals surface area (Å²) in [7, 11) is 0. The predicted octanol–water partition coefficient (Wildman–Crippen LogP) is 4.05. The molecule has 0 atom stereocenters. The largest absolute Gasteiger partial charge is 0.441 e. The van der Waals surface area contributed by atoms with E-state index in [9.17, 15) is 18.0 Å². The zero-order chi connectivity index (χ0) is 19.2. The summed E-state index contributed by atoms with van der Waals surface area (Å²) in [5.41, 5.74) is 0.243. The van der Waals surface area contributed by atoms with Crippen molar-refractivity contribution >= 4 is 5.91 Å². The Labute approximate surface area is 154 Å². The van der Waals surface area contributed by atoms with Crippen LogP contribution in [-0.4, -0.2) is 17.4 Å². The SMILES string of the molecule is O=C(CCc1ncc(-c2c(F)cccc2F)o1)NCCc1ccccc1F. The summed E-state index contributed by atoms with van der Waals surface area (Å²) >= 11 is 0. The molecule has 1 N–H and O–H groups in total. The highest BCUT2D eigenvalue weighted by Gasteiger charge is 2.16. The number of amides is 1. The van der Waals surface area contributed by atoms with E-state index in [2.05, 4.69) is 10.3 Å². The summed E-state index contributed by atoms with van der Waals surface area (Å²) in [6.07, 6.45) is 1.89. The lowest BCUT2D eigenvalue weighted by Crippen LogP contribution is -2.26. The van der Waals surface area contributed by atoms with Crippen LogP contribution in [0, 0.1) is 17.5 Å². The van der Waals surface area contributed by atoms with Gasteiger partial charge in [0, 0.05) is 19.4 Å². The van der Waals surface area contributed by atoms with Gasteiger partial charge < -0.3 is 9.73 Å². The fourth-order valence-corrected chi connectivity index (χ4v) is 2.62. The molecule has 0 saturated heterocycles. The van der Waals surface area contributed by atoms with E-state index in [1.807, 2.05) is 0 Å². The first-order chi connectivity index (χ1) is 13.0. The summed E-state index contributed by atoms with van der Waals surface area (Å²) < 4.78 is 46.3. The van der Waals surface area contributed by atoms with Gasteiger partial charge in [0.2, 0.25) is 5.91 Å². The third-order valence-corrected chi connectivity index (χ3v) is 4.00. The molecule has 0 spiro atoms. The Morgan fingerprint density at radius 2 is 1.67 bits per heavy atom. The molecule has 7 heteroatoms. The van der Waals surface area contributed by atoms with Gasteiger partial charge >= 0.3 is 0 Å². The van der Waals surface area contributed by atoms with E-state index in [1.54, 1.807) is 18.2 Å². The molecular formula is C20H17F3N2O2. The quantitative estimate of drug-likeness (QED) is 0.679. The summed E-state index contributed by atoms with van der Waals surface area (Å²) in [5.74, 6) is -1.87.